The average molecular weight is 237 g/mol. The van der Waals surface area contributed by atoms with Gasteiger partial charge in [0, 0.05) is 20.1 Å². The van der Waals surface area contributed by atoms with Crippen LogP contribution in [-0.2, 0) is 16.0 Å². The van der Waals surface area contributed by atoms with Gasteiger partial charge in [0.25, 0.3) is 5.91 Å². The second kappa shape index (κ2) is 4.84. The first-order valence-electron chi connectivity index (χ1n) is 5.77. The number of benzene rings is 1. The van der Waals surface area contributed by atoms with E-state index in [0.29, 0.717) is 19.4 Å². The zero-order chi connectivity index (χ0) is 12.3. The zero-order valence-corrected chi connectivity index (χ0v) is 9.83. The number of amides is 1. The smallest absolute Gasteiger partial charge is 0.252 e. The van der Waals surface area contributed by atoms with Crippen molar-refractivity contribution >= 4 is 5.91 Å². The van der Waals surface area contributed by atoms with Crippen molar-refractivity contribution in [3.8, 4) is 0 Å². The quantitative estimate of drug-likeness (QED) is 0.868. The summed E-state index contributed by atoms with van der Waals surface area (Å²) in [5, 5.41) is 2.64. The van der Waals surface area contributed by atoms with Crippen LogP contribution in [-0.4, -0.2) is 25.2 Å². The van der Waals surface area contributed by atoms with Crippen molar-refractivity contribution in [3.63, 3.8) is 0 Å². The molecule has 17 heavy (non-hydrogen) atoms. The Bertz CT molecular complexity index is 396. The Morgan fingerprint density at radius 2 is 2.18 bits per heavy atom. The van der Waals surface area contributed by atoms with Gasteiger partial charge in [0.05, 0.1) is 0 Å². The molecule has 1 fully saturated rings. The molecule has 1 aliphatic rings. The molecule has 1 saturated heterocycles. The number of hydrogen-bond donors (Lipinski definition) is 1. The third-order valence-corrected chi connectivity index (χ3v) is 3.15. The average Bonchev–Trinajstić information content (AvgIpc) is 2.81. The summed E-state index contributed by atoms with van der Waals surface area (Å²) in [5.41, 5.74) is 0.143. The molecule has 1 N–H and O–H groups in total. The SMILES string of the molecule is CNC(=O)C1(Cc2ccc(F)cc2)CCCO1. The van der Waals surface area contributed by atoms with Crippen molar-refractivity contribution in [1.29, 1.82) is 0 Å². The Kier molecular flexibility index (Phi) is 3.43. The predicted octanol–water partition coefficient (Wildman–Crippen LogP) is 1.66. The molecule has 1 unspecified atom stereocenters. The van der Waals surface area contributed by atoms with E-state index in [0.717, 1.165) is 12.0 Å². The number of likely N-dealkylation sites (N-methyl/N-ethyl adjacent to an activating group) is 1. The highest BCUT2D eigenvalue weighted by Gasteiger charge is 2.42. The summed E-state index contributed by atoms with van der Waals surface area (Å²) in [6, 6.07) is 6.20. The number of ether oxygens (including phenoxy) is 1. The minimum atomic E-state index is -0.771. The molecule has 2 rings (SSSR count). The van der Waals surface area contributed by atoms with E-state index < -0.39 is 5.60 Å². The fraction of sp³-hybridized carbons (Fsp3) is 0.462. The maximum Gasteiger partial charge on any atom is 0.252 e. The molecule has 1 heterocycles. The lowest BCUT2D eigenvalue weighted by Gasteiger charge is -2.26. The maximum absolute atomic E-state index is 12.8. The van der Waals surface area contributed by atoms with E-state index in [4.69, 9.17) is 4.74 Å². The lowest BCUT2D eigenvalue weighted by Crippen LogP contribution is -2.46. The van der Waals surface area contributed by atoms with Crippen molar-refractivity contribution in [2.45, 2.75) is 24.9 Å². The topological polar surface area (TPSA) is 38.3 Å². The van der Waals surface area contributed by atoms with Crippen LogP contribution < -0.4 is 5.32 Å². The van der Waals surface area contributed by atoms with Crippen molar-refractivity contribution in [3.05, 3.63) is 35.6 Å². The molecule has 1 amide bonds. The van der Waals surface area contributed by atoms with E-state index in [1.54, 1.807) is 19.2 Å². The Hall–Kier alpha value is -1.42. The molecule has 1 aromatic rings. The minimum absolute atomic E-state index is 0.0978. The number of hydrogen-bond acceptors (Lipinski definition) is 2. The van der Waals surface area contributed by atoms with Crippen molar-refractivity contribution < 1.29 is 13.9 Å². The van der Waals surface area contributed by atoms with Gasteiger partial charge in [-0.05, 0) is 30.5 Å². The molecule has 3 nitrogen and oxygen atoms in total. The fourth-order valence-corrected chi connectivity index (χ4v) is 2.26. The number of rotatable bonds is 3. The Labute approximate surface area is 100.0 Å². The summed E-state index contributed by atoms with van der Waals surface area (Å²) >= 11 is 0. The number of carbonyl (C=O) groups excluding carboxylic acids is 1. The normalized spacial score (nSPS) is 23.6. The summed E-state index contributed by atoms with van der Waals surface area (Å²) < 4.78 is 18.4. The Balaban J connectivity index is 2.18. The van der Waals surface area contributed by atoms with Crippen LogP contribution >= 0.6 is 0 Å². The first-order chi connectivity index (χ1) is 8.16. The van der Waals surface area contributed by atoms with Crippen LogP contribution in [0.4, 0.5) is 4.39 Å². The molecule has 0 saturated carbocycles. The number of nitrogens with one attached hydrogen (secondary N) is 1. The third kappa shape index (κ3) is 2.47. The van der Waals surface area contributed by atoms with E-state index in [1.807, 2.05) is 0 Å². The van der Waals surface area contributed by atoms with Crippen LogP contribution in [0, 0.1) is 5.82 Å². The molecule has 0 spiro atoms. The van der Waals surface area contributed by atoms with Gasteiger partial charge in [-0.15, -0.1) is 0 Å². The monoisotopic (exact) mass is 237 g/mol. The van der Waals surface area contributed by atoms with E-state index in [1.165, 1.54) is 12.1 Å². The van der Waals surface area contributed by atoms with Crippen LogP contribution in [0.5, 0.6) is 0 Å². The summed E-state index contributed by atoms with van der Waals surface area (Å²) in [4.78, 5) is 11.9. The molecule has 0 bridgehead atoms. The zero-order valence-electron chi connectivity index (χ0n) is 9.83. The summed E-state index contributed by atoms with van der Waals surface area (Å²) in [5.74, 6) is -0.366. The molecule has 4 heteroatoms. The second-order valence-corrected chi connectivity index (χ2v) is 4.33. The fourth-order valence-electron chi connectivity index (χ4n) is 2.26. The molecular formula is C13H16FNO2. The van der Waals surface area contributed by atoms with E-state index >= 15 is 0 Å². The Morgan fingerprint density at radius 3 is 2.71 bits per heavy atom. The first-order valence-corrected chi connectivity index (χ1v) is 5.77. The Morgan fingerprint density at radius 1 is 1.47 bits per heavy atom. The number of carbonyl (C=O) groups is 1. The molecule has 1 aromatic carbocycles. The summed E-state index contributed by atoms with van der Waals surface area (Å²) in [7, 11) is 1.61. The molecule has 0 aromatic heterocycles. The van der Waals surface area contributed by atoms with Crippen LogP contribution in [0.3, 0.4) is 0 Å². The van der Waals surface area contributed by atoms with Crippen LogP contribution in [0.25, 0.3) is 0 Å². The van der Waals surface area contributed by atoms with Gasteiger partial charge in [-0.1, -0.05) is 12.1 Å². The van der Waals surface area contributed by atoms with Gasteiger partial charge in [-0.25, -0.2) is 4.39 Å². The van der Waals surface area contributed by atoms with E-state index in [9.17, 15) is 9.18 Å². The molecule has 92 valence electrons. The van der Waals surface area contributed by atoms with Gasteiger partial charge in [-0.3, -0.25) is 4.79 Å². The van der Waals surface area contributed by atoms with Crippen molar-refractivity contribution in [1.82, 2.24) is 5.32 Å². The van der Waals surface area contributed by atoms with Crippen molar-refractivity contribution in [2.75, 3.05) is 13.7 Å². The minimum Gasteiger partial charge on any atom is -0.365 e. The molecule has 0 aliphatic carbocycles. The first kappa shape index (κ1) is 12.0. The molecule has 1 aliphatic heterocycles. The largest absolute Gasteiger partial charge is 0.365 e. The lowest BCUT2D eigenvalue weighted by atomic mass is 9.90. The third-order valence-electron chi connectivity index (χ3n) is 3.15. The standard InChI is InChI=1S/C13H16FNO2/c1-15-12(16)13(7-2-8-17-13)9-10-3-5-11(14)6-4-10/h3-6H,2,7-9H2,1H3,(H,15,16). The van der Waals surface area contributed by atoms with Gasteiger partial charge in [-0.2, -0.15) is 0 Å². The van der Waals surface area contributed by atoms with Gasteiger partial charge in [0.2, 0.25) is 0 Å². The van der Waals surface area contributed by atoms with Crippen LogP contribution in [0.1, 0.15) is 18.4 Å². The van der Waals surface area contributed by atoms with Gasteiger partial charge in [0.15, 0.2) is 5.60 Å². The van der Waals surface area contributed by atoms with E-state index in [-0.39, 0.29) is 11.7 Å². The maximum atomic E-state index is 12.8. The number of halogens is 1. The highest BCUT2D eigenvalue weighted by molar-refractivity contribution is 5.85. The molecule has 0 radical (unpaired) electrons. The molecule has 1 atom stereocenters. The van der Waals surface area contributed by atoms with Gasteiger partial charge in [0.1, 0.15) is 5.82 Å². The van der Waals surface area contributed by atoms with Crippen LogP contribution in [0.15, 0.2) is 24.3 Å². The summed E-state index contributed by atoms with van der Waals surface area (Å²) in [6.45, 7) is 0.606. The highest BCUT2D eigenvalue weighted by atomic mass is 19.1. The molecular weight excluding hydrogens is 221 g/mol. The summed E-state index contributed by atoms with van der Waals surface area (Å²) in [6.07, 6.45) is 2.09. The van der Waals surface area contributed by atoms with Crippen molar-refractivity contribution in [2.24, 2.45) is 0 Å². The van der Waals surface area contributed by atoms with Crippen LogP contribution in [0.2, 0.25) is 0 Å². The predicted molar refractivity (Wildman–Crippen MR) is 62.1 cm³/mol. The highest BCUT2D eigenvalue weighted by Crippen LogP contribution is 2.30. The van der Waals surface area contributed by atoms with Gasteiger partial charge >= 0.3 is 0 Å². The lowest BCUT2D eigenvalue weighted by molar-refractivity contribution is -0.140. The van der Waals surface area contributed by atoms with E-state index in [2.05, 4.69) is 5.32 Å². The second-order valence-electron chi connectivity index (χ2n) is 4.33. The van der Waals surface area contributed by atoms with Gasteiger partial charge < -0.3 is 10.1 Å².